The van der Waals surface area contributed by atoms with Gasteiger partial charge in [-0.3, -0.25) is 9.59 Å². The number of benzene rings is 1. The average molecular weight is 497 g/mol. The minimum Gasteiger partial charge on any atom is -0.496 e. The number of nitrogens with one attached hydrogen (secondary N) is 1. The number of thiophene rings is 2. The zero-order chi connectivity index (χ0) is 23.9. The molecule has 34 heavy (non-hydrogen) atoms. The Hall–Kier alpha value is -2.64. The molecular formula is C27H32N2O3S2. The summed E-state index contributed by atoms with van der Waals surface area (Å²) >= 11 is 3.10. The van der Waals surface area contributed by atoms with Gasteiger partial charge in [-0.25, -0.2) is 0 Å². The summed E-state index contributed by atoms with van der Waals surface area (Å²) in [6.45, 7) is 2.31. The number of para-hydroxylation sites is 1. The lowest BCUT2D eigenvalue weighted by Crippen LogP contribution is -2.47. The van der Waals surface area contributed by atoms with Crippen LogP contribution in [0.5, 0.6) is 5.75 Å². The van der Waals surface area contributed by atoms with Crippen LogP contribution in [0.1, 0.15) is 59.0 Å². The molecule has 180 valence electrons. The lowest BCUT2D eigenvalue weighted by atomic mass is 9.95. The first-order chi connectivity index (χ1) is 16.6. The lowest BCUT2D eigenvalue weighted by molar-refractivity contribution is -0.141. The van der Waals surface area contributed by atoms with Gasteiger partial charge >= 0.3 is 0 Å². The molecule has 0 saturated heterocycles. The Bertz CT molecular complexity index is 1090. The average Bonchev–Trinajstić information content (AvgIpc) is 3.51. The summed E-state index contributed by atoms with van der Waals surface area (Å²) < 4.78 is 5.57. The van der Waals surface area contributed by atoms with Crippen molar-refractivity contribution in [2.24, 2.45) is 0 Å². The maximum absolute atomic E-state index is 13.8. The number of ether oxygens (including phenoxy) is 1. The van der Waals surface area contributed by atoms with Crippen LogP contribution in [-0.2, 0) is 22.6 Å². The molecular weight excluding hydrogens is 464 g/mol. The Morgan fingerprint density at radius 2 is 1.85 bits per heavy atom. The standard InChI is InChI=1S/C27H32N2O3S2/c1-19-14-16-34-26(19)25(27(31)28-21-10-4-3-5-11-21)29(24(30)17-22-12-8-15-33-22)18-20-9-6-7-13-23(20)32-2/h6-9,12-16,21,25H,3-5,10-11,17-18H2,1-2H3,(H,28,31). The zero-order valence-corrected chi connectivity index (χ0v) is 21.4. The van der Waals surface area contributed by atoms with Crippen molar-refractivity contribution in [1.82, 2.24) is 10.2 Å². The number of hydrogen-bond donors (Lipinski definition) is 1. The van der Waals surface area contributed by atoms with Gasteiger partial charge in [-0.05, 0) is 54.3 Å². The van der Waals surface area contributed by atoms with E-state index in [9.17, 15) is 9.59 Å². The number of carbonyl (C=O) groups is 2. The van der Waals surface area contributed by atoms with Crippen molar-refractivity contribution in [1.29, 1.82) is 0 Å². The summed E-state index contributed by atoms with van der Waals surface area (Å²) in [6.07, 6.45) is 5.75. The molecule has 1 aromatic carbocycles. The van der Waals surface area contributed by atoms with E-state index >= 15 is 0 Å². The van der Waals surface area contributed by atoms with Crippen LogP contribution < -0.4 is 10.1 Å². The SMILES string of the molecule is COc1ccccc1CN(C(=O)Cc1cccs1)C(C(=O)NC1CCCCC1)c1sccc1C. The smallest absolute Gasteiger partial charge is 0.248 e. The van der Waals surface area contributed by atoms with E-state index < -0.39 is 6.04 Å². The highest BCUT2D eigenvalue weighted by atomic mass is 32.1. The van der Waals surface area contributed by atoms with Gasteiger partial charge in [0.2, 0.25) is 11.8 Å². The summed E-state index contributed by atoms with van der Waals surface area (Å²) in [5, 5.41) is 7.26. The molecule has 1 atom stereocenters. The summed E-state index contributed by atoms with van der Waals surface area (Å²) in [4.78, 5) is 31.3. The van der Waals surface area contributed by atoms with Gasteiger partial charge in [-0.2, -0.15) is 0 Å². The van der Waals surface area contributed by atoms with E-state index in [1.165, 1.54) is 17.8 Å². The minimum atomic E-state index is -0.681. The van der Waals surface area contributed by atoms with Gasteiger partial charge < -0.3 is 15.0 Å². The Morgan fingerprint density at radius 1 is 1.06 bits per heavy atom. The minimum absolute atomic E-state index is 0.0649. The molecule has 1 aliphatic rings. The fraction of sp³-hybridized carbons (Fsp3) is 0.407. The lowest BCUT2D eigenvalue weighted by Gasteiger charge is -2.33. The number of carbonyl (C=O) groups excluding carboxylic acids is 2. The van der Waals surface area contributed by atoms with E-state index in [0.717, 1.165) is 46.6 Å². The Morgan fingerprint density at radius 3 is 2.53 bits per heavy atom. The molecule has 1 fully saturated rings. The maximum Gasteiger partial charge on any atom is 0.248 e. The molecule has 1 aliphatic carbocycles. The van der Waals surface area contributed by atoms with Crippen LogP contribution in [0.4, 0.5) is 0 Å². The molecule has 2 amide bonds. The van der Waals surface area contributed by atoms with Gasteiger partial charge in [0.15, 0.2) is 0 Å². The third-order valence-electron chi connectivity index (χ3n) is 6.42. The van der Waals surface area contributed by atoms with E-state index in [1.807, 2.05) is 60.1 Å². The van der Waals surface area contributed by atoms with E-state index in [4.69, 9.17) is 4.74 Å². The van der Waals surface area contributed by atoms with Crippen molar-refractivity contribution in [2.75, 3.05) is 7.11 Å². The second-order valence-corrected chi connectivity index (χ2v) is 10.8. The van der Waals surface area contributed by atoms with Crippen LogP contribution >= 0.6 is 22.7 Å². The van der Waals surface area contributed by atoms with Crippen molar-refractivity contribution in [3.63, 3.8) is 0 Å². The van der Waals surface area contributed by atoms with Crippen LogP contribution in [-0.4, -0.2) is 29.9 Å². The number of rotatable bonds is 9. The predicted molar refractivity (Wildman–Crippen MR) is 138 cm³/mol. The summed E-state index contributed by atoms with van der Waals surface area (Å²) in [5.41, 5.74) is 1.91. The maximum atomic E-state index is 13.8. The third-order valence-corrected chi connectivity index (χ3v) is 8.37. The molecule has 1 unspecified atom stereocenters. The van der Waals surface area contributed by atoms with E-state index in [1.54, 1.807) is 23.3 Å². The topological polar surface area (TPSA) is 58.6 Å². The second-order valence-electron chi connectivity index (χ2n) is 8.80. The van der Waals surface area contributed by atoms with Crippen LogP contribution in [0.2, 0.25) is 0 Å². The fourth-order valence-electron chi connectivity index (χ4n) is 4.60. The Labute approximate surface area is 209 Å². The molecule has 7 heteroatoms. The van der Waals surface area contributed by atoms with Crippen molar-refractivity contribution in [3.05, 3.63) is 74.1 Å². The normalized spacial score (nSPS) is 15.0. The van der Waals surface area contributed by atoms with Gasteiger partial charge in [0, 0.05) is 21.4 Å². The first kappa shape index (κ1) is 24.5. The van der Waals surface area contributed by atoms with Crippen LogP contribution in [0.3, 0.4) is 0 Å². The van der Waals surface area contributed by atoms with Gasteiger partial charge in [-0.15, -0.1) is 22.7 Å². The van der Waals surface area contributed by atoms with Gasteiger partial charge in [0.25, 0.3) is 0 Å². The largest absolute Gasteiger partial charge is 0.496 e. The molecule has 5 nitrogen and oxygen atoms in total. The fourth-order valence-corrected chi connectivity index (χ4v) is 6.33. The molecule has 0 spiro atoms. The first-order valence-electron chi connectivity index (χ1n) is 11.8. The van der Waals surface area contributed by atoms with Crippen molar-refractivity contribution < 1.29 is 14.3 Å². The molecule has 1 saturated carbocycles. The molecule has 0 aliphatic heterocycles. The summed E-state index contributed by atoms with van der Waals surface area (Å²) in [5.74, 6) is 0.558. The third kappa shape index (κ3) is 5.88. The Kier molecular flexibility index (Phi) is 8.40. The summed E-state index contributed by atoms with van der Waals surface area (Å²) in [6, 6.07) is 13.1. The van der Waals surface area contributed by atoms with Crippen molar-refractivity contribution in [2.45, 2.75) is 64.1 Å². The molecule has 1 N–H and O–H groups in total. The molecule has 2 aromatic heterocycles. The predicted octanol–water partition coefficient (Wildman–Crippen LogP) is 5.89. The highest BCUT2D eigenvalue weighted by Gasteiger charge is 2.35. The number of methoxy groups -OCH3 is 1. The van der Waals surface area contributed by atoms with E-state index in [2.05, 4.69) is 5.32 Å². The number of aryl methyl sites for hydroxylation is 1. The second kappa shape index (κ2) is 11.7. The summed E-state index contributed by atoms with van der Waals surface area (Å²) in [7, 11) is 1.63. The van der Waals surface area contributed by atoms with Crippen molar-refractivity contribution >= 4 is 34.5 Å². The van der Waals surface area contributed by atoms with Crippen LogP contribution in [0.25, 0.3) is 0 Å². The highest BCUT2D eigenvalue weighted by Crippen LogP contribution is 2.33. The number of amides is 2. The van der Waals surface area contributed by atoms with Crippen LogP contribution in [0, 0.1) is 6.92 Å². The van der Waals surface area contributed by atoms with Gasteiger partial charge in [0.05, 0.1) is 20.1 Å². The molecule has 3 aromatic rings. The first-order valence-corrected chi connectivity index (χ1v) is 13.6. The molecule has 2 heterocycles. The van der Waals surface area contributed by atoms with Crippen molar-refractivity contribution in [3.8, 4) is 5.75 Å². The zero-order valence-electron chi connectivity index (χ0n) is 19.8. The van der Waals surface area contributed by atoms with Crippen LogP contribution in [0.15, 0.2) is 53.2 Å². The number of nitrogens with zero attached hydrogens (tertiary/aromatic N) is 1. The molecule has 0 radical (unpaired) electrons. The Balaban J connectivity index is 1.70. The quantitative estimate of drug-likeness (QED) is 0.402. The number of hydrogen-bond acceptors (Lipinski definition) is 5. The van der Waals surface area contributed by atoms with E-state index in [-0.39, 0.29) is 24.3 Å². The molecule has 4 rings (SSSR count). The highest BCUT2D eigenvalue weighted by molar-refractivity contribution is 7.10. The molecule has 0 bridgehead atoms. The van der Waals surface area contributed by atoms with E-state index in [0.29, 0.717) is 12.3 Å². The van der Waals surface area contributed by atoms with Gasteiger partial charge in [0.1, 0.15) is 11.8 Å². The monoisotopic (exact) mass is 496 g/mol. The van der Waals surface area contributed by atoms with Gasteiger partial charge in [-0.1, -0.05) is 43.5 Å².